The minimum absolute atomic E-state index is 0. The van der Waals surface area contributed by atoms with E-state index in [0.29, 0.717) is 22.5 Å². The quantitative estimate of drug-likeness (QED) is 0.0661. The van der Waals surface area contributed by atoms with Gasteiger partial charge in [0.25, 0.3) is 0 Å². The molecule has 0 saturated carbocycles. The minimum Gasteiger partial charge on any atom is -0.512 e. The Labute approximate surface area is 332 Å². The molecule has 0 aliphatic heterocycles. The van der Waals surface area contributed by atoms with E-state index in [0.717, 1.165) is 66.1 Å². The maximum atomic E-state index is 14.0. The summed E-state index contributed by atoms with van der Waals surface area (Å²) in [5.41, 5.74) is 9.31. The van der Waals surface area contributed by atoms with Crippen LogP contribution in [0.2, 0.25) is 0 Å². The average molecular weight is 772 g/mol. The molecule has 0 aliphatic rings. The zero-order valence-corrected chi connectivity index (χ0v) is 33.4. The van der Waals surface area contributed by atoms with E-state index in [9.17, 15) is 19.8 Å². The van der Waals surface area contributed by atoms with Crippen LogP contribution in [0.5, 0.6) is 0 Å². The molecule has 0 fully saturated rings. The van der Waals surface area contributed by atoms with Crippen LogP contribution in [0.3, 0.4) is 0 Å². The predicted molar refractivity (Wildman–Crippen MR) is 224 cm³/mol. The maximum Gasteiger partial charge on any atom is 0.198 e. The molecule has 6 nitrogen and oxygen atoms in total. The van der Waals surface area contributed by atoms with Gasteiger partial charge in [0, 0.05) is 51.5 Å². The van der Waals surface area contributed by atoms with Crippen molar-refractivity contribution in [1.82, 2.24) is 0 Å². The summed E-state index contributed by atoms with van der Waals surface area (Å²) in [5, 5.41) is 25.4. The van der Waals surface area contributed by atoms with Crippen LogP contribution in [0.15, 0.2) is 130 Å². The number of aliphatic imine (C=N–C) groups is 2. The van der Waals surface area contributed by atoms with E-state index in [2.05, 4.69) is 0 Å². The summed E-state index contributed by atoms with van der Waals surface area (Å²) in [5.74, 6) is -0.894. The van der Waals surface area contributed by atoms with Gasteiger partial charge in [0.15, 0.2) is 11.6 Å². The fourth-order valence-corrected chi connectivity index (χ4v) is 7.51. The van der Waals surface area contributed by atoms with Gasteiger partial charge in [0.1, 0.15) is 11.5 Å². The van der Waals surface area contributed by atoms with Gasteiger partial charge in [-0.2, -0.15) is 0 Å². The molecule has 0 unspecified atom stereocenters. The Morgan fingerprint density at radius 2 is 0.836 bits per heavy atom. The summed E-state index contributed by atoms with van der Waals surface area (Å²) in [6, 6.07) is 31.6. The molecule has 6 rings (SSSR count). The zero-order chi connectivity index (χ0) is 38.8. The van der Waals surface area contributed by atoms with E-state index in [1.807, 2.05) is 139 Å². The number of nitrogens with zero attached hydrogens (tertiary/aromatic N) is 2. The maximum absolute atomic E-state index is 14.0. The molecule has 0 bridgehead atoms. The average Bonchev–Trinajstić information content (AvgIpc) is 3.10. The molecule has 0 spiro atoms. The molecule has 0 aliphatic carbocycles. The predicted octanol–water partition coefficient (Wildman–Crippen LogP) is 12.3. The number of benzene rings is 6. The van der Waals surface area contributed by atoms with Gasteiger partial charge in [-0.05, 0) is 111 Å². The van der Waals surface area contributed by atoms with E-state index >= 15 is 0 Å². The van der Waals surface area contributed by atoms with Crippen molar-refractivity contribution in [2.75, 3.05) is 0 Å². The number of aliphatic hydroxyl groups is 2. The third-order valence-corrected chi connectivity index (χ3v) is 9.81. The number of fused-ring (bicyclic) bond motifs is 2. The van der Waals surface area contributed by atoms with Crippen LogP contribution in [-0.4, -0.2) is 34.2 Å². The van der Waals surface area contributed by atoms with Crippen molar-refractivity contribution in [2.45, 2.75) is 55.4 Å². The second-order valence-corrected chi connectivity index (χ2v) is 14.1. The van der Waals surface area contributed by atoms with E-state index in [1.165, 1.54) is 26.3 Å². The van der Waals surface area contributed by atoms with Gasteiger partial charge >= 0.3 is 0 Å². The van der Waals surface area contributed by atoms with Crippen molar-refractivity contribution in [3.05, 3.63) is 164 Å². The van der Waals surface area contributed by atoms with Crippen molar-refractivity contribution in [1.29, 1.82) is 0 Å². The monoisotopic (exact) mass is 771 g/mol. The molecular weight excluding hydrogens is 727 g/mol. The molecule has 2 N–H and O–H groups in total. The molecule has 6 aromatic rings. The van der Waals surface area contributed by atoms with Gasteiger partial charge in [-0.25, -0.2) is 0 Å². The molecule has 0 heterocycles. The summed E-state index contributed by atoms with van der Waals surface area (Å²) in [6.45, 7) is 14.5. The van der Waals surface area contributed by atoms with Gasteiger partial charge in [-0.1, -0.05) is 96.1 Å². The van der Waals surface area contributed by atoms with Crippen LogP contribution in [0, 0.1) is 41.5 Å². The van der Waals surface area contributed by atoms with Crippen molar-refractivity contribution in [3.8, 4) is 11.1 Å². The van der Waals surface area contributed by atoms with Gasteiger partial charge in [0.2, 0.25) is 0 Å². The number of rotatable bonds is 9. The Morgan fingerprint density at radius 1 is 0.509 bits per heavy atom. The second kappa shape index (κ2) is 16.6. The summed E-state index contributed by atoms with van der Waals surface area (Å²) in [7, 11) is 0. The number of allylic oxidation sites excluding steroid dienone is 4. The smallest absolute Gasteiger partial charge is 0.198 e. The first-order valence-electron chi connectivity index (χ1n) is 17.9. The largest absolute Gasteiger partial charge is 0.512 e. The molecule has 0 aromatic heterocycles. The summed E-state index contributed by atoms with van der Waals surface area (Å²) >= 11 is 0. The molecule has 0 saturated heterocycles. The number of carbonyl (C=O) groups excluding carboxylic acids is 2. The minimum atomic E-state index is -0.311. The summed E-state index contributed by atoms with van der Waals surface area (Å²) in [6.07, 6.45) is 2.89. The van der Waals surface area contributed by atoms with E-state index < -0.39 is 0 Å². The Morgan fingerprint density at radius 3 is 1.16 bits per heavy atom. The Hall–Kier alpha value is -5.89. The third-order valence-electron chi connectivity index (χ3n) is 9.81. The number of aryl methyl sites for hydroxylation is 6. The van der Waals surface area contributed by atoms with E-state index in [-0.39, 0.29) is 51.0 Å². The van der Waals surface area contributed by atoms with E-state index in [1.54, 1.807) is 0 Å². The molecule has 6 aromatic carbocycles. The Kier molecular flexibility index (Phi) is 12.2. The van der Waals surface area contributed by atoms with E-state index in [4.69, 9.17) is 9.98 Å². The van der Waals surface area contributed by atoms with Crippen LogP contribution in [-0.2, 0) is 16.8 Å². The third kappa shape index (κ3) is 8.14. The second-order valence-electron chi connectivity index (χ2n) is 14.1. The SMILES string of the molecule is C/C(O)=C(/C=Nc1ccc2ccccc2c1-c1c(N=C/C(C(=O)c2c(C)cc(C)cc2C)=C(/C)O)ccc2ccccc12)C(=O)c1c(C)cc(C)cc1C.[Co]. The standard InChI is InChI=1S/C48H44N2O4.Co/c1-27-21-29(3)43(30(4)22-27)47(53)39(33(7)51)25-49-41-19-17-35-13-9-11-15-37(35)45(41)46-38-16-12-10-14-36(38)18-20-42(46)50-26-40(34(8)52)48(54)44-31(5)23-28(2)24-32(44)6;/h9-26,51-52H,1-8H3;/b39-33+,40-34+,49-25?,50-26?;. The van der Waals surface area contributed by atoms with Crippen molar-refractivity contribution >= 4 is 56.9 Å². The van der Waals surface area contributed by atoms with Gasteiger partial charge in [-0.3, -0.25) is 19.6 Å². The van der Waals surface area contributed by atoms with Crippen molar-refractivity contribution in [2.24, 2.45) is 9.98 Å². The van der Waals surface area contributed by atoms with Crippen molar-refractivity contribution in [3.63, 3.8) is 0 Å². The Bertz CT molecular complexity index is 2410. The molecule has 7 heteroatoms. The fraction of sp³-hybridized carbons (Fsp3) is 0.167. The van der Waals surface area contributed by atoms with Crippen LogP contribution in [0.1, 0.15) is 67.9 Å². The van der Waals surface area contributed by atoms with Crippen molar-refractivity contribution < 1.29 is 36.6 Å². The number of carbonyl (C=O) groups is 2. The van der Waals surface area contributed by atoms with Crippen LogP contribution >= 0.6 is 0 Å². The Balaban J connectivity index is 0.00000580. The topological polar surface area (TPSA) is 99.3 Å². The van der Waals surface area contributed by atoms with Crippen LogP contribution in [0.4, 0.5) is 11.4 Å². The number of Topliss-reactive ketones (excluding diaryl/α,β-unsaturated/α-hetero) is 2. The first-order chi connectivity index (χ1) is 25.8. The first kappa shape index (κ1) is 40.3. The first-order valence-corrected chi connectivity index (χ1v) is 17.9. The molecule has 55 heavy (non-hydrogen) atoms. The number of hydrogen-bond donors (Lipinski definition) is 2. The number of ketones is 2. The van der Waals surface area contributed by atoms with Gasteiger partial charge < -0.3 is 10.2 Å². The molecule has 1 radical (unpaired) electrons. The molecule has 279 valence electrons. The molecule has 0 amide bonds. The van der Waals surface area contributed by atoms with Gasteiger partial charge in [0.05, 0.1) is 22.5 Å². The summed E-state index contributed by atoms with van der Waals surface area (Å²) < 4.78 is 0. The normalized spacial score (nSPS) is 12.6. The van der Waals surface area contributed by atoms with Crippen LogP contribution in [0.25, 0.3) is 32.7 Å². The van der Waals surface area contributed by atoms with Crippen LogP contribution < -0.4 is 0 Å². The number of hydrogen-bond acceptors (Lipinski definition) is 6. The summed E-state index contributed by atoms with van der Waals surface area (Å²) in [4.78, 5) is 37.8. The molecular formula is C48H44CoN2O4. The zero-order valence-electron chi connectivity index (χ0n) is 32.3. The fourth-order valence-electron chi connectivity index (χ4n) is 7.51. The number of aliphatic hydroxyl groups excluding tert-OH is 2. The molecule has 0 atom stereocenters. The van der Waals surface area contributed by atoms with Gasteiger partial charge in [-0.15, -0.1) is 0 Å².